The average molecular weight is 274 g/mol. The van der Waals surface area contributed by atoms with Crippen molar-refractivity contribution in [2.24, 2.45) is 4.99 Å². The molecule has 0 spiro atoms. The zero-order chi connectivity index (χ0) is 13.6. The number of nitrogens with zero attached hydrogens (tertiary/aromatic N) is 1. The SMILES string of the molecule is CC1=NC(c2ccc(-c3c(O)c(=O)c3=O)s2)=CCN1. The van der Waals surface area contributed by atoms with Crippen molar-refractivity contribution in [2.75, 3.05) is 6.54 Å². The van der Waals surface area contributed by atoms with Gasteiger partial charge in [-0.1, -0.05) is 0 Å². The van der Waals surface area contributed by atoms with Gasteiger partial charge >= 0.3 is 0 Å². The smallest absolute Gasteiger partial charge is 0.268 e. The van der Waals surface area contributed by atoms with E-state index in [1.807, 2.05) is 19.1 Å². The van der Waals surface area contributed by atoms with Crippen molar-refractivity contribution in [3.05, 3.63) is 43.5 Å². The number of hydrogen-bond acceptors (Lipinski definition) is 6. The van der Waals surface area contributed by atoms with Crippen molar-refractivity contribution in [3.63, 3.8) is 0 Å². The molecule has 1 aliphatic heterocycles. The van der Waals surface area contributed by atoms with Crippen molar-refractivity contribution < 1.29 is 5.11 Å². The van der Waals surface area contributed by atoms with Gasteiger partial charge in [0.05, 0.1) is 22.0 Å². The molecule has 5 nitrogen and oxygen atoms in total. The molecular formula is C13H10N2O3S. The summed E-state index contributed by atoms with van der Waals surface area (Å²) in [5, 5.41) is 12.5. The third-order valence-electron chi connectivity index (χ3n) is 2.93. The molecule has 0 unspecified atom stereocenters. The van der Waals surface area contributed by atoms with Gasteiger partial charge in [-0.05, 0) is 25.1 Å². The molecule has 2 aromatic rings. The summed E-state index contributed by atoms with van der Waals surface area (Å²) in [5.74, 6) is 0.404. The predicted molar refractivity (Wildman–Crippen MR) is 75.4 cm³/mol. The lowest BCUT2D eigenvalue weighted by Gasteiger charge is -2.10. The fourth-order valence-electron chi connectivity index (χ4n) is 1.94. The van der Waals surface area contributed by atoms with E-state index in [0.717, 1.165) is 16.4 Å². The molecule has 3 rings (SSSR count). The van der Waals surface area contributed by atoms with Crippen LogP contribution >= 0.6 is 11.3 Å². The summed E-state index contributed by atoms with van der Waals surface area (Å²) < 4.78 is 0. The van der Waals surface area contributed by atoms with Crippen LogP contribution in [-0.2, 0) is 0 Å². The van der Waals surface area contributed by atoms with E-state index in [4.69, 9.17) is 0 Å². The Morgan fingerprint density at radius 1 is 1.26 bits per heavy atom. The van der Waals surface area contributed by atoms with E-state index in [9.17, 15) is 14.7 Å². The molecule has 1 aromatic heterocycles. The van der Waals surface area contributed by atoms with Crippen LogP contribution in [0.5, 0.6) is 5.75 Å². The highest BCUT2D eigenvalue weighted by molar-refractivity contribution is 7.16. The van der Waals surface area contributed by atoms with E-state index >= 15 is 0 Å². The minimum absolute atomic E-state index is 0.122. The number of aliphatic imine (C=N–C) groups is 1. The molecule has 0 atom stereocenters. The summed E-state index contributed by atoms with van der Waals surface area (Å²) >= 11 is 1.34. The van der Waals surface area contributed by atoms with Gasteiger partial charge in [0.1, 0.15) is 0 Å². The van der Waals surface area contributed by atoms with Crippen LogP contribution < -0.4 is 16.2 Å². The Labute approximate surface area is 112 Å². The van der Waals surface area contributed by atoms with Gasteiger partial charge in [0, 0.05) is 11.4 Å². The average Bonchev–Trinajstić information content (AvgIpc) is 2.88. The maximum Gasteiger partial charge on any atom is 0.268 e. The maximum absolute atomic E-state index is 11.4. The second-order valence-corrected chi connectivity index (χ2v) is 5.30. The predicted octanol–water partition coefficient (Wildman–Crippen LogP) is 1.08. The zero-order valence-electron chi connectivity index (χ0n) is 10.1. The highest BCUT2D eigenvalue weighted by Gasteiger charge is 2.23. The van der Waals surface area contributed by atoms with Gasteiger partial charge in [-0.25, -0.2) is 4.99 Å². The zero-order valence-corrected chi connectivity index (χ0v) is 10.9. The molecule has 19 heavy (non-hydrogen) atoms. The third kappa shape index (κ3) is 1.80. The molecular weight excluding hydrogens is 264 g/mol. The number of hydrogen-bond donors (Lipinski definition) is 2. The number of rotatable bonds is 2. The first-order valence-electron chi connectivity index (χ1n) is 5.70. The minimum atomic E-state index is -0.806. The molecule has 2 N–H and O–H groups in total. The van der Waals surface area contributed by atoms with Gasteiger partial charge in [0.2, 0.25) is 5.43 Å². The lowest BCUT2D eigenvalue weighted by Crippen LogP contribution is -2.31. The fraction of sp³-hybridized carbons (Fsp3) is 0.154. The standard InChI is InChI=1S/C13H10N2O3S/c1-6-14-5-4-7(15-6)8-2-3-9(19-8)10-11(16)13(18)12(10)17/h2-4,16H,5H2,1H3,(H,14,15). The second-order valence-electron chi connectivity index (χ2n) is 4.21. The van der Waals surface area contributed by atoms with Gasteiger partial charge in [-0.3, -0.25) is 9.59 Å². The monoisotopic (exact) mass is 274 g/mol. The largest absolute Gasteiger partial charge is 0.503 e. The fourth-order valence-corrected chi connectivity index (χ4v) is 2.97. The first kappa shape index (κ1) is 11.9. The summed E-state index contributed by atoms with van der Waals surface area (Å²) in [4.78, 5) is 28.3. The number of amidine groups is 1. The lowest BCUT2D eigenvalue weighted by atomic mass is 10.1. The molecule has 0 saturated heterocycles. The molecule has 2 heterocycles. The van der Waals surface area contributed by atoms with Crippen molar-refractivity contribution in [1.82, 2.24) is 5.32 Å². The van der Waals surface area contributed by atoms with Crippen molar-refractivity contribution in [3.8, 4) is 16.2 Å². The Kier molecular flexibility index (Phi) is 2.60. The van der Waals surface area contributed by atoms with E-state index in [0.29, 0.717) is 11.4 Å². The summed E-state index contributed by atoms with van der Waals surface area (Å²) in [7, 11) is 0. The van der Waals surface area contributed by atoms with Crippen LogP contribution in [0.4, 0.5) is 0 Å². The minimum Gasteiger partial charge on any atom is -0.503 e. The van der Waals surface area contributed by atoms with E-state index in [2.05, 4.69) is 10.3 Å². The molecule has 0 bridgehead atoms. The second kappa shape index (κ2) is 4.17. The van der Waals surface area contributed by atoms with Crippen LogP contribution in [0.1, 0.15) is 11.8 Å². The van der Waals surface area contributed by atoms with Gasteiger partial charge in [0.25, 0.3) is 5.43 Å². The van der Waals surface area contributed by atoms with E-state index in [-0.39, 0.29) is 5.56 Å². The molecule has 0 radical (unpaired) electrons. The Balaban J connectivity index is 2.00. The molecule has 0 aliphatic carbocycles. The Hall–Kier alpha value is -2.21. The number of aromatic hydroxyl groups is 1. The number of nitrogens with one attached hydrogen (secondary N) is 1. The van der Waals surface area contributed by atoms with Crippen LogP contribution in [0.25, 0.3) is 16.1 Å². The first-order valence-corrected chi connectivity index (χ1v) is 6.51. The normalized spacial score (nSPS) is 15.0. The van der Waals surface area contributed by atoms with Gasteiger partial charge in [0.15, 0.2) is 5.75 Å². The highest BCUT2D eigenvalue weighted by Crippen LogP contribution is 2.34. The van der Waals surface area contributed by atoms with Crippen LogP contribution in [-0.4, -0.2) is 17.5 Å². The van der Waals surface area contributed by atoms with Gasteiger partial charge < -0.3 is 10.4 Å². The first-order chi connectivity index (χ1) is 9.08. The van der Waals surface area contributed by atoms with Crippen molar-refractivity contribution in [2.45, 2.75) is 6.92 Å². The molecule has 1 aliphatic rings. The molecule has 6 heteroatoms. The molecule has 0 saturated carbocycles. The summed E-state index contributed by atoms with van der Waals surface area (Å²) in [6.45, 7) is 2.59. The summed E-state index contributed by atoms with van der Waals surface area (Å²) in [6.07, 6.45) is 1.95. The lowest BCUT2D eigenvalue weighted by molar-refractivity contribution is 0.466. The summed E-state index contributed by atoms with van der Waals surface area (Å²) in [6, 6.07) is 3.56. The maximum atomic E-state index is 11.4. The number of thiophene rings is 1. The van der Waals surface area contributed by atoms with E-state index < -0.39 is 16.6 Å². The Morgan fingerprint density at radius 2 is 2.00 bits per heavy atom. The third-order valence-corrected chi connectivity index (χ3v) is 4.06. The Bertz CT molecular complexity index is 791. The van der Waals surface area contributed by atoms with Crippen LogP contribution in [0.2, 0.25) is 0 Å². The topological polar surface area (TPSA) is 78.8 Å². The highest BCUT2D eigenvalue weighted by atomic mass is 32.1. The van der Waals surface area contributed by atoms with Gasteiger partial charge in [-0.2, -0.15) is 0 Å². The molecule has 96 valence electrons. The van der Waals surface area contributed by atoms with Crippen LogP contribution in [0.15, 0.2) is 32.8 Å². The molecule has 0 amide bonds. The van der Waals surface area contributed by atoms with Crippen molar-refractivity contribution in [1.29, 1.82) is 0 Å². The van der Waals surface area contributed by atoms with Crippen molar-refractivity contribution >= 4 is 22.9 Å². The Morgan fingerprint density at radius 3 is 2.68 bits per heavy atom. The quantitative estimate of drug-likeness (QED) is 0.803. The molecule has 1 aromatic carbocycles. The van der Waals surface area contributed by atoms with Crippen LogP contribution in [0, 0.1) is 0 Å². The molecule has 0 fully saturated rings. The summed E-state index contributed by atoms with van der Waals surface area (Å²) in [5.41, 5.74) is -0.466. The van der Waals surface area contributed by atoms with Gasteiger partial charge in [-0.15, -0.1) is 11.3 Å². The van der Waals surface area contributed by atoms with E-state index in [1.165, 1.54) is 11.3 Å². The van der Waals surface area contributed by atoms with Crippen LogP contribution in [0.3, 0.4) is 0 Å². The van der Waals surface area contributed by atoms with E-state index in [1.54, 1.807) is 6.07 Å².